The average molecular weight is 418 g/mol. The van der Waals surface area contributed by atoms with Crippen LogP contribution < -0.4 is 10.1 Å². The lowest BCUT2D eigenvalue weighted by molar-refractivity contribution is -0.0837. The van der Waals surface area contributed by atoms with E-state index in [4.69, 9.17) is 4.74 Å². The number of rotatable bonds is 8. The lowest BCUT2D eigenvalue weighted by atomic mass is 10.2. The Bertz CT molecular complexity index is 651. The number of thioether (sulfide) groups is 1. The molecule has 0 saturated heterocycles. The van der Waals surface area contributed by atoms with Crippen LogP contribution in [-0.2, 0) is 0 Å². The Morgan fingerprint density at radius 3 is 2.21 bits per heavy atom. The molecule has 0 heterocycles. The summed E-state index contributed by atoms with van der Waals surface area (Å²) in [4.78, 5) is 11.6. The van der Waals surface area contributed by atoms with Crippen LogP contribution in [0.15, 0.2) is 46.4 Å². The molecule has 1 amide bonds. The molecule has 0 aliphatic carbocycles. The zero-order valence-corrected chi connectivity index (χ0v) is 18.1. The molecule has 0 aliphatic heterocycles. The monoisotopic (exact) mass is 417 g/mol. The zero-order valence-electron chi connectivity index (χ0n) is 17.3. The van der Waals surface area contributed by atoms with Crippen molar-refractivity contribution >= 4 is 17.7 Å². The Kier molecular flexibility index (Phi) is 12.4. The van der Waals surface area contributed by atoms with Gasteiger partial charge in [0.2, 0.25) is 0 Å². The molecule has 1 aromatic carbocycles. The minimum atomic E-state index is -4.45. The molecule has 1 rings (SSSR count). The number of hydrogen-bond acceptors (Lipinski definition) is 3. The number of amides is 1. The van der Waals surface area contributed by atoms with Crippen molar-refractivity contribution < 1.29 is 22.7 Å². The van der Waals surface area contributed by atoms with E-state index in [-0.39, 0.29) is 5.03 Å². The van der Waals surface area contributed by atoms with Gasteiger partial charge in [-0.3, -0.25) is 4.79 Å². The van der Waals surface area contributed by atoms with Gasteiger partial charge in [-0.05, 0) is 43.5 Å². The first-order valence-electron chi connectivity index (χ1n) is 9.33. The molecule has 0 unspecified atom stereocenters. The summed E-state index contributed by atoms with van der Waals surface area (Å²) in [7, 11) is 0. The summed E-state index contributed by atoms with van der Waals surface area (Å²) in [5.74, 6) is 0.554. The number of carbonyl (C=O) groups is 1. The summed E-state index contributed by atoms with van der Waals surface area (Å²) in [5, 5.41) is 2.70. The molecule has 0 aliphatic rings. The molecule has 0 bridgehead atoms. The molecule has 0 atom stereocenters. The highest BCUT2D eigenvalue weighted by Crippen LogP contribution is 2.37. The van der Waals surface area contributed by atoms with Crippen molar-refractivity contribution in [2.45, 2.75) is 54.1 Å². The van der Waals surface area contributed by atoms with Gasteiger partial charge in [-0.15, -0.1) is 0 Å². The zero-order chi connectivity index (χ0) is 21.7. The quantitative estimate of drug-likeness (QED) is 0.498. The molecule has 28 heavy (non-hydrogen) atoms. The highest BCUT2D eigenvalue weighted by Gasteiger charge is 2.34. The van der Waals surface area contributed by atoms with E-state index < -0.39 is 17.0 Å². The van der Waals surface area contributed by atoms with Gasteiger partial charge in [-0.25, -0.2) is 0 Å². The number of benzene rings is 1. The van der Waals surface area contributed by atoms with Crippen molar-refractivity contribution in [2.24, 2.45) is 5.92 Å². The van der Waals surface area contributed by atoms with E-state index in [0.29, 0.717) is 42.0 Å². The first-order valence-corrected chi connectivity index (χ1v) is 10.1. The average Bonchev–Trinajstić information content (AvgIpc) is 2.65. The third-order valence-corrected chi connectivity index (χ3v) is 4.26. The minimum absolute atomic E-state index is 0.156. The maximum atomic E-state index is 12.9. The van der Waals surface area contributed by atoms with Gasteiger partial charge in [0.25, 0.3) is 5.91 Å². The van der Waals surface area contributed by atoms with E-state index in [1.54, 1.807) is 37.3 Å². The molecular formula is C21H30F3NO2S. The number of allylic oxidation sites excluding steroid dienone is 3. The summed E-state index contributed by atoms with van der Waals surface area (Å²) < 4.78 is 44.3. The molecule has 3 nitrogen and oxygen atoms in total. The smallest absolute Gasteiger partial charge is 0.422 e. The summed E-state index contributed by atoms with van der Waals surface area (Å²) in [6.07, 6.45) is -1.41. The van der Waals surface area contributed by atoms with E-state index >= 15 is 0 Å². The lowest BCUT2D eigenvalue weighted by Gasteiger charge is -2.14. The van der Waals surface area contributed by atoms with Crippen LogP contribution in [0.4, 0.5) is 13.2 Å². The number of carbonyl (C=O) groups excluding carboxylic acids is 1. The Hall–Kier alpha value is -1.89. The van der Waals surface area contributed by atoms with Gasteiger partial charge < -0.3 is 10.1 Å². The third-order valence-electron chi connectivity index (χ3n) is 3.09. The minimum Gasteiger partial charge on any atom is -0.493 e. The van der Waals surface area contributed by atoms with Crippen LogP contribution in [0, 0.1) is 5.92 Å². The van der Waals surface area contributed by atoms with Crippen LogP contribution in [-0.4, -0.2) is 18.7 Å². The molecule has 1 aromatic rings. The van der Waals surface area contributed by atoms with Crippen LogP contribution >= 0.6 is 11.8 Å². The molecule has 0 aromatic heterocycles. The largest absolute Gasteiger partial charge is 0.493 e. The normalized spacial score (nSPS) is 12.4. The van der Waals surface area contributed by atoms with E-state index in [0.717, 1.165) is 6.08 Å². The summed E-state index contributed by atoms with van der Waals surface area (Å²) in [6.45, 7) is 11.7. The molecule has 0 fully saturated rings. The van der Waals surface area contributed by atoms with Crippen molar-refractivity contribution in [2.75, 3.05) is 6.61 Å². The fourth-order valence-electron chi connectivity index (χ4n) is 1.85. The first-order chi connectivity index (χ1) is 13.2. The highest BCUT2D eigenvalue weighted by atomic mass is 32.2. The Morgan fingerprint density at radius 2 is 1.79 bits per heavy atom. The van der Waals surface area contributed by atoms with Gasteiger partial charge in [-0.1, -0.05) is 58.5 Å². The van der Waals surface area contributed by atoms with Crippen molar-refractivity contribution in [1.29, 1.82) is 0 Å². The number of nitrogens with one attached hydrogen (secondary N) is 1. The topological polar surface area (TPSA) is 38.3 Å². The molecule has 7 heteroatoms. The third kappa shape index (κ3) is 9.88. The van der Waals surface area contributed by atoms with Crippen LogP contribution in [0.3, 0.4) is 0 Å². The molecule has 158 valence electrons. The van der Waals surface area contributed by atoms with Crippen LogP contribution in [0.1, 0.15) is 58.3 Å². The van der Waals surface area contributed by atoms with Crippen molar-refractivity contribution in [3.05, 3.63) is 51.9 Å². The maximum absolute atomic E-state index is 12.9. The van der Waals surface area contributed by atoms with Gasteiger partial charge in [0.15, 0.2) is 0 Å². The number of ether oxygens (including phenoxy) is 1. The van der Waals surface area contributed by atoms with E-state index in [2.05, 4.69) is 5.32 Å². The predicted molar refractivity (Wildman–Crippen MR) is 111 cm³/mol. The molecule has 0 spiro atoms. The molecular weight excluding hydrogens is 387 g/mol. The number of halogens is 3. The number of hydrogen-bond donors (Lipinski definition) is 1. The van der Waals surface area contributed by atoms with Crippen molar-refractivity contribution in [3.63, 3.8) is 0 Å². The summed E-state index contributed by atoms with van der Waals surface area (Å²) in [6, 6.07) is 6.50. The SMILES string of the molecule is C/C=C(\S/C(=C/CC)NC(=O)c1ccc(OCC(C)C)cc1)C(F)(F)F.CC. The second kappa shape index (κ2) is 13.3. The Labute approximate surface area is 170 Å². The van der Waals surface area contributed by atoms with E-state index in [9.17, 15) is 18.0 Å². The fraction of sp³-hybridized carbons (Fsp3) is 0.476. The lowest BCUT2D eigenvalue weighted by Crippen LogP contribution is -2.22. The number of alkyl halides is 3. The van der Waals surface area contributed by atoms with Gasteiger partial charge >= 0.3 is 6.18 Å². The van der Waals surface area contributed by atoms with Crippen LogP contribution in [0.5, 0.6) is 5.75 Å². The first kappa shape index (κ1) is 26.1. The molecule has 0 radical (unpaired) electrons. The van der Waals surface area contributed by atoms with Crippen LogP contribution in [0.25, 0.3) is 0 Å². The van der Waals surface area contributed by atoms with Crippen molar-refractivity contribution in [3.8, 4) is 5.75 Å². The Morgan fingerprint density at radius 1 is 1.21 bits per heavy atom. The molecule has 0 saturated carbocycles. The summed E-state index contributed by atoms with van der Waals surface area (Å²) in [5.41, 5.74) is 0.346. The second-order valence-corrected chi connectivity index (χ2v) is 7.00. The predicted octanol–water partition coefficient (Wildman–Crippen LogP) is 6.93. The Balaban J connectivity index is 0.00000352. The van der Waals surface area contributed by atoms with Gasteiger partial charge in [-0.2, -0.15) is 13.2 Å². The van der Waals surface area contributed by atoms with Gasteiger partial charge in [0, 0.05) is 5.56 Å². The molecule has 1 N–H and O–H groups in total. The standard InChI is InChI=1S/C19H24F3NO2S.C2H6/c1-5-7-17(26-16(6-2)19(20,21)22)23-18(24)14-8-10-15(11-9-14)25-12-13(3)4;1-2/h6-11,13H,5,12H2,1-4H3,(H,23,24);1-2H3/b16-6-,17-7+;. The maximum Gasteiger partial charge on any atom is 0.422 e. The van der Waals surface area contributed by atoms with Crippen molar-refractivity contribution in [1.82, 2.24) is 5.32 Å². The second-order valence-electron chi connectivity index (χ2n) is 5.91. The highest BCUT2D eigenvalue weighted by molar-refractivity contribution is 8.06. The van der Waals surface area contributed by atoms with Gasteiger partial charge in [0.1, 0.15) is 5.75 Å². The van der Waals surface area contributed by atoms with Crippen LogP contribution in [0.2, 0.25) is 0 Å². The van der Waals surface area contributed by atoms with E-state index in [1.807, 2.05) is 27.7 Å². The fourth-order valence-corrected chi connectivity index (χ4v) is 2.72. The summed E-state index contributed by atoms with van der Waals surface area (Å²) >= 11 is 0.499. The van der Waals surface area contributed by atoms with Gasteiger partial charge in [0.05, 0.1) is 16.5 Å². The van der Waals surface area contributed by atoms with E-state index in [1.165, 1.54) is 6.92 Å².